The molecule has 0 bridgehead atoms. The molecule has 5 nitrogen and oxygen atoms in total. The van der Waals surface area contributed by atoms with E-state index in [2.05, 4.69) is 41.6 Å². The predicted molar refractivity (Wildman–Crippen MR) is 64.2 cm³/mol. The molecule has 0 aliphatic rings. The summed E-state index contributed by atoms with van der Waals surface area (Å²) in [6.45, 7) is 11.0. The van der Waals surface area contributed by atoms with Gasteiger partial charge < -0.3 is 15.1 Å². The summed E-state index contributed by atoms with van der Waals surface area (Å²) in [6, 6.07) is 0.514. The lowest BCUT2D eigenvalue weighted by atomic mass is 9.98. The SMILES string of the molecule is CCNCc1nnc(NCC(C)C(C)C)o1. The molecule has 1 aromatic rings. The monoisotopic (exact) mass is 226 g/mol. The maximum atomic E-state index is 5.42. The van der Waals surface area contributed by atoms with Crippen LogP contribution in [0.25, 0.3) is 0 Å². The molecule has 0 aromatic carbocycles. The van der Waals surface area contributed by atoms with Gasteiger partial charge >= 0.3 is 6.01 Å². The molecule has 0 fully saturated rings. The zero-order chi connectivity index (χ0) is 12.0. The minimum atomic E-state index is 0.514. The molecule has 1 unspecified atom stereocenters. The molecule has 1 atom stereocenters. The number of nitrogens with one attached hydrogen (secondary N) is 2. The zero-order valence-electron chi connectivity index (χ0n) is 10.6. The molecule has 92 valence electrons. The largest absolute Gasteiger partial charge is 0.407 e. The third-order valence-electron chi connectivity index (χ3n) is 2.71. The third kappa shape index (κ3) is 4.18. The van der Waals surface area contributed by atoms with Crippen LogP contribution in [-0.4, -0.2) is 23.3 Å². The van der Waals surface area contributed by atoms with Crippen LogP contribution in [0, 0.1) is 11.8 Å². The molecule has 1 rings (SSSR count). The zero-order valence-corrected chi connectivity index (χ0v) is 10.6. The van der Waals surface area contributed by atoms with Crippen molar-refractivity contribution in [1.82, 2.24) is 15.5 Å². The summed E-state index contributed by atoms with van der Waals surface area (Å²) in [6.07, 6.45) is 0. The highest BCUT2D eigenvalue weighted by Gasteiger charge is 2.09. The topological polar surface area (TPSA) is 63.0 Å². The Labute approximate surface area is 97.0 Å². The van der Waals surface area contributed by atoms with Crippen LogP contribution >= 0.6 is 0 Å². The first kappa shape index (κ1) is 13.0. The average molecular weight is 226 g/mol. The summed E-state index contributed by atoms with van der Waals surface area (Å²) < 4.78 is 5.42. The second kappa shape index (κ2) is 6.48. The summed E-state index contributed by atoms with van der Waals surface area (Å²) in [5, 5.41) is 14.2. The van der Waals surface area contributed by atoms with E-state index in [4.69, 9.17) is 4.42 Å². The summed E-state index contributed by atoms with van der Waals surface area (Å²) >= 11 is 0. The van der Waals surface area contributed by atoms with Gasteiger partial charge in [0.2, 0.25) is 5.89 Å². The molecule has 5 heteroatoms. The van der Waals surface area contributed by atoms with Crippen molar-refractivity contribution in [2.24, 2.45) is 11.8 Å². The molecule has 0 amide bonds. The minimum Gasteiger partial charge on any atom is -0.407 e. The Hall–Kier alpha value is -1.10. The van der Waals surface area contributed by atoms with E-state index in [9.17, 15) is 0 Å². The number of nitrogens with zero attached hydrogens (tertiary/aromatic N) is 2. The van der Waals surface area contributed by atoms with Crippen LogP contribution in [0.1, 0.15) is 33.6 Å². The predicted octanol–water partition coefficient (Wildman–Crippen LogP) is 1.88. The van der Waals surface area contributed by atoms with Crippen LogP contribution in [0.15, 0.2) is 4.42 Å². The number of rotatable bonds is 7. The highest BCUT2D eigenvalue weighted by atomic mass is 16.4. The molecule has 0 aliphatic heterocycles. The first-order valence-corrected chi connectivity index (χ1v) is 5.90. The van der Waals surface area contributed by atoms with E-state index in [1.807, 2.05) is 6.92 Å². The van der Waals surface area contributed by atoms with Crippen LogP contribution in [0.2, 0.25) is 0 Å². The van der Waals surface area contributed by atoms with Gasteiger partial charge in [-0.1, -0.05) is 32.8 Å². The molecule has 16 heavy (non-hydrogen) atoms. The summed E-state index contributed by atoms with van der Waals surface area (Å²) in [5.74, 6) is 1.86. The van der Waals surface area contributed by atoms with Crippen molar-refractivity contribution in [2.45, 2.75) is 34.2 Å². The van der Waals surface area contributed by atoms with E-state index in [-0.39, 0.29) is 0 Å². The first-order valence-electron chi connectivity index (χ1n) is 5.90. The minimum absolute atomic E-state index is 0.514. The van der Waals surface area contributed by atoms with Gasteiger partial charge in [-0.3, -0.25) is 0 Å². The number of hydrogen-bond donors (Lipinski definition) is 2. The fourth-order valence-corrected chi connectivity index (χ4v) is 1.11. The van der Waals surface area contributed by atoms with Crippen LogP contribution in [0.4, 0.5) is 6.01 Å². The highest BCUT2D eigenvalue weighted by Crippen LogP contribution is 2.11. The number of hydrogen-bond acceptors (Lipinski definition) is 5. The Morgan fingerprint density at radius 1 is 1.25 bits per heavy atom. The maximum absolute atomic E-state index is 5.42. The van der Waals surface area contributed by atoms with Crippen molar-refractivity contribution in [3.05, 3.63) is 5.89 Å². The van der Waals surface area contributed by atoms with E-state index in [1.165, 1.54) is 0 Å². The van der Waals surface area contributed by atoms with E-state index >= 15 is 0 Å². The van der Waals surface area contributed by atoms with E-state index in [1.54, 1.807) is 0 Å². The third-order valence-corrected chi connectivity index (χ3v) is 2.71. The second-order valence-corrected chi connectivity index (χ2v) is 4.38. The van der Waals surface area contributed by atoms with Gasteiger partial charge in [0.25, 0.3) is 0 Å². The van der Waals surface area contributed by atoms with E-state index < -0.39 is 0 Å². The molecule has 1 heterocycles. The van der Waals surface area contributed by atoms with Crippen molar-refractivity contribution in [1.29, 1.82) is 0 Å². The Morgan fingerprint density at radius 2 is 2.00 bits per heavy atom. The molecule has 0 aliphatic carbocycles. The number of aromatic nitrogens is 2. The van der Waals surface area contributed by atoms with E-state index in [0.717, 1.165) is 13.1 Å². The van der Waals surface area contributed by atoms with Crippen molar-refractivity contribution in [3.8, 4) is 0 Å². The maximum Gasteiger partial charge on any atom is 0.315 e. The van der Waals surface area contributed by atoms with Gasteiger partial charge in [-0.2, -0.15) is 0 Å². The van der Waals surface area contributed by atoms with Gasteiger partial charge in [-0.25, -0.2) is 0 Å². The van der Waals surface area contributed by atoms with E-state index in [0.29, 0.717) is 30.3 Å². The van der Waals surface area contributed by atoms with Crippen LogP contribution < -0.4 is 10.6 Å². The normalized spacial score (nSPS) is 13.1. The van der Waals surface area contributed by atoms with Crippen LogP contribution in [-0.2, 0) is 6.54 Å². The van der Waals surface area contributed by atoms with Crippen LogP contribution in [0.3, 0.4) is 0 Å². The standard InChI is InChI=1S/C11H22N4O/c1-5-12-7-10-14-15-11(16-10)13-6-9(4)8(2)3/h8-9,12H,5-7H2,1-4H3,(H,13,15). The van der Waals surface area contributed by atoms with Crippen molar-refractivity contribution in [3.63, 3.8) is 0 Å². The fraction of sp³-hybridized carbons (Fsp3) is 0.818. The quantitative estimate of drug-likeness (QED) is 0.743. The number of anilines is 1. The fourth-order valence-electron chi connectivity index (χ4n) is 1.11. The molecule has 0 spiro atoms. The molecular weight excluding hydrogens is 204 g/mol. The lowest BCUT2D eigenvalue weighted by Gasteiger charge is -2.14. The summed E-state index contributed by atoms with van der Waals surface area (Å²) in [5.41, 5.74) is 0. The van der Waals surface area contributed by atoms with Gasteiger partial charge in [0.05, 0.1) is 6.54 Å². The molecule has 0 saturated heterocycles. The Morgan fingerprint density at radius 3 is 2.62 bits per heavy atom. The lowest BCUT2D eigenvalue weighted by molar-refractivity contribution is 0.428. The molecule has 0 saturated carbocycles. The van der Waals surface area contributed by atoms with Crippen LogP contribution in [0.5, 0.6) is 0 Å². The second-order valence-electron chi connectivity index (χ2n) is 4.38. The smallest absolute Gasteiger partial charge is 0.315 e. The Balaban J connectivity index is 2.34. The van der Waals surface area contributed by atoms with Gasteiger partial charge in [0.1, 0.15) is 0 Å². The molecule has 0 radical (unpaired) electrons. The Kier molecular flexibility index (Phi) is 5.25. The first-order chi connectivity index (χ1) is 7.63. The van der Waals surface area contributed by atoms with Crippen molar-refractivity contribution >= 4 is 6.01 Å². The highest BCUT2D eigenvalue weighted by molar-refractivity contribution is 5.16. The molecular formula is C11H22N4O. The van der Waals surface area contributed by atoms with Gasteiger partial charge in [0.15, 0.2) is 0 Å². The summed E-state index contributed by atoms with van der Waals surface area (Å²) in [7, 11) is 0. The lowest BCUT2D eigenvalue weighted by Crippen LogP contribution is -2.16. The molecule has 2 N–H and O–H groups in total. The average Bonchev–Trinajstić information content (AvgIpc) is 2.70. The van der Waals surface area contributed by atoms with Gasteiger partial charge in [-0.15, -0.1) is 5.10 Å². The Bertz CT molecular complexity index is 298. The summed E-state index contributed by atoms with van der Waals surface area (Å²) in [4.78, 5) is 0. The van der Waals surface area contributed by atoms with Gasteiger partial charge in [-0.05, 0) is 18.4 Å². The molecule has 1 aromatic heterocycles. The van der Waals surface area contributed by atoms with Gasteiger partial charge in [0, 0.05) is 6.54 Å². The van der Waals surface area contributed by atoms with Crippen molar-refractivity contribution in [2.75, 3.05) is 18.4 Å². The van der Waals surface area contributed by atoms with Crippen molar-refractivity contribution < 1.29 is 4.42 Å².